The molecule has 0 unspecified atom stereocenters. The molecule has 0 aliphatic carbocycles. The number of benzene rings is 1. The number of fused-ring (bicyclic) bond motifs is 1. The molecule has 140 valence electrons. The molecule has 1 aromatic carbocycles. The van der Waals surface area contributed by atoms with Crippen molar-refractivity contribution in [3.63, 3.8) is 0 Å². The van der Waals surface area contributed by atoms with Crippen LogP contribution in [-0.2, 0) is 14.3 Å². The first kappa shape index (κ1) is 17.5. The number of hydrogen-bond acceptors (Lipinski definition) is 6. The van der Waals surface area contributed by atoms with Crippen LogP contribution in [0.4, 0.5) is 5.13 Å². The van der Waals surface area contributed by atoms with E-state index in [2.05, 4.69) is 15.3 Å². The number of rotatable bonds is 4. The summed E-state index contributed by atoms with van der Waals surface area (Å²) in [7, 11) is 1.63. The van der Waals surface area contributed by atoms with Crippen LogP contribution in [0.25, 0.3) is 22.2 Å². The van der Waals surface area contributed by atoms with Crippen molar-refractivity contribution in [2.75, 3.05) is 12.4 Å². The summed E-state index contributed by atoms with van der Waals surface area (Å²) in [6.07, 6.45) is 1.97. The summed E-state index contributed by atoms with van der Waals surface area (Å²) in [5.74, 6) is -0.380. The average Bonchev–Trinajstić information content (AvgIpc) is 3.30. The maximum Gasteiger partial charge on any atom is 0.307 e. The number of aromatic nitrogens is 2. The number of carbonyl (C=O) groups excluding carboxylic acids is 2. The molecule has 8 heteroatoms. The number of hydrogen-bond donors (Lipinski definition) is 2. The van der Waals surface area contributed by atoms with Crippen LogP contribution in [-0.4, -0.2) is 34.6 Å². The molecule has 0 bridgehead atoms. The number of esters is 1. The summed E-state index contributed by atoms with van der Waals surface area (Å²) < 4.78 is 10.5. The second-order valence-electron chi connectivity index (χ2n) is 6.98. The first-order chi connectivity index (χ1) is 12.9. The van der Waals surface area contributed by atoms with Crippen molar-refractivity contribution >= 4 is 39.2 Å². The van der Waals surface area contributed by atoms with Gasteiger partial charge in [-0.3, -0.25) is 9.59 Å². The van der Waals surface area contributed by atoms with Crippen molar-refractivity contribution in [3.8, 4) is 17.0 Å². The number of H-pyrrole nitrogens is 1. The molecular formula is C19H19N3O4S. The van der Waals surface area contributed by atoms with Crippen LogP contribution in [0, 0.1) is 5.92 Å². The van der Waals surface area contributed by atoms with Crippen LogP contribution in [0.3, 0.4) is 0 Å². The fourth-order valence-electron chi connectivity index (χ4n) is 3.31. The highest BCUT2D eigenvalue weighted by Crippen LogP contribution is 2.35. The zero-order valence-electron chi connectivity index (χ0n) is 15.2. The van der Waals surface area contributed by atoms with E-state index in [1.54, 1.807) is 21.0 Å². The SMILES string of the molecule is COc1ccc2[nH]cc(-c3csc(NC(=O)[C@@H]4CC(=O)OC4(C)C)n3)c2c1. The zero-order valence-corrected chi connectivity index (χ0v) is 16.0. The normalized spacial score (nSPS) is 18.5. The van der Waals surface area contributed by atoms with Gasteiger partial charge in [0.15, 0.2) is 5.13 Å². The minimum Gasteiger partial charge on any atom is -0.497 e. The van der Waals surface area contributed by atoms with E-state index < -0.39 is 11.5 Å². The number of amides is 1. The molecular weight excluding hydrogens is 366 g/mol. The Morgan fingerprint density at radius 1 is 1.44 bits per heavy atom. The third-order valence-electron chi connectivity index (χ3n) is 4.80. The molecule has 0 spiro atoms. The van der Waals surface area contributed by atoms with E-state index in [4.69, 9.17) is 9.47 Å². The van der Waals surface area contributed by atoms with Crippen LogP contribution in [0.15, 0.2) is 29.8 Å². The highest BCUT2D eigenvalue weighted by atomic mass is 32.1. The molecule has 2 aromatic heterocycles. The molecule has 0 radical (unpaired) electrons. The Kier molecular flexibility index (Phi) is 4.15. The standard InChI is InChI=1S/C19H19N3O4S/c1-19(2)13(7-16(23)26-19)17(24)22-18-21-15(9-27-18)12-8-20-14-5-4-10(25-3)6-11(12)14/h4-6,8-9,13,20H,7H2,1-3H3,(H,21,22,24)/t13-/m0/s1. The second kappa shape index (κ2) is 6.38. The predicted octanol–water partition coefficient (Wildman–Crippen LogP) is 3.58. The summed E-state index contributed by atoms with van der Waals surface area (Å²) in [5.41, 5.74) is 1.86. The van der Waals surface area contributed by atoms with Crippen LogP contribution in [0.5, 0.6) is 5.75 Å². The van der Waals surface area contributed by atoms with E-state index in [1.807, 2.05) is 29.8 Å². The Labute approximate surface area is 159 Å². The lowest BCUT2D eigenvalue weighted by atomic mass is 9.90. The van der Waals surface area contributed by atoms with Crippen LogP contribution < -0.4 is 10.1 Å². The molecule has 1 aliphatic heterocycles. The molecule has 7 nitrogen and oxygen atoms in total. The van der Waals surface area contributed by atoms with E-state index in [-0.39, 0.29) is 18.3 Å². The predicted molar refractivity (Wildman–Crippen MR) is 103 cm³/mol. The van der Waals surface area contributed by atoms with Gasteiger partial charge in [0.1, 0.15) is 11.4 Å². The van der Waals surface area contributed by atoms with Crippen molar-refractivity contribution in [1.29, 1.82) is 0 Å². The van der Waals surface area contributed by atoms with Gasteiger partial charge in [0.05, 0.1) is 25.1 Å². The number of anilines is 1. The van der Waals surface area contributed by atoms with Crippen molar-refractivity contribution in [3.05, 3.63) is 29.8 Å². The molecule has 27 heavy (non-hydrogen) atoms. The summed E-state index contributed by atoms with van der Waals surface area (Å²) in [4.78, 5) is 31.9. The van der Waals surface area contributed by atoms with Crippen molar-refractivity contribution < 1.29 is 19.1 Å². The molecule has 3 aromatic rings. The Balaban J connectivity index is 1.57. The van der Waals surface area contributed by atoms with Gasteiger partial charge in [-0.1, -0.05) is 0 Å². The first-order valence-corrected chi connectivity index (χ1v) is 9.39. The number of aromatic amines is 1. The first-order valence-electron chi connectivity index (χ1n) is 8.51. The molecule has 4 rings (SSSR count). The van der Waals surface area contributed by atoms with Gasteiger partial charge in [0, 0.05) is 28.0 Å². The largest absolute Gasteiger partial charge is 0.497 e. The topological polar surface area (TPSA) is 93.3 Å². The number of nitrogens with zero attached hydrogens (tertiary/aromatic N) is 1. The van der Waals surface area contributed by atoms with Gasteiger partial charge in [-0.2, -0.15) is 0 Å². The van der Waals surface area contributed by atoms with Crippen molar-refractivity contribution in [1.82, 2.24) is 9.97 Å². The van der Waals surface area contributed by atoms with Gasteiger partial charge in [-0.25, -0.2) is 4.98 Å². The molecule has 1 amide bonds. The summed E-state index contributed by atoms with van der Waals surface area (Å²) in [6, 6.07) is 5.79. The molecule has 1 aliphatic rings. The molecule has 1 fully saturated rings. The highest BCUT2D eigenvalue weighted by molar-refractivity contribution is 7.14. The van der Waals surface area contributed by atoms with Gasteiger partial charge < -0.3 is 19.8 Å². The van der Waals surface area contributed by atoms with Crippen LogP contribution >= 0.6 is 11.3 Å². The Bertz CT molecular complexity index is 1040. The number of nitrogens with one attached hydrogen (secondary N) is 2. The lowest BCUT2D eigenvalue weighted by molar-refractivity contribution is -0.147. The number of carbonyl (C=O) groups is 2. The number of cyclic esters (lactones) is 1. The fourth-order valence-corrected chi connectivity index (χ4v) is 4.03. The molecule has 1 saturated heterocycles. The van der Waals surface area contributed by atoms with E-state index in [9.17, 15) is 9.59 Å². The smallest absolute Gasteiger partial charge is 0.307 e. The quantitative estimate of drug-likeness (QED) is 0.670. The Hall–Kier alpha value is -2.87. The van der Waals surface area contributed by atoms with E-state index in [0.717, 1.165) is 27.9 Å². The monoisotopic (exact) mass is 385 g/mol. The minimum absolute atomic E-state index is 0.0826. The van der Waals surface area contributed by atoms with E-state index >= 15 is 0 Å². The summed E-state index contributed by atoms with van der Waals surface area (Å²) in [5, 5.41) is 6.18. The summed E-state index contributed by atoms with van der Waals surface area (Å²) in [6.45, 7) is 3.49. The maximum atomic E-state index is 12.6. The number of methoxy groups -OCH3 is 1. The van der Waals surface area contributed by atoms with Gasteiger partial charge in [0.2, 0.25) is 5.91 Å². The number of ether oxygens (including phenoxy) is 2. The van der Waals surface area contributed by atoms with Gasteiger partial charge in [-0.05, 0) is 32.0 Å². The highest BCUT2D eigenvalue weighted by Gasteiger charge is 2.46. The van der Waals surface area contributed by atoms with E-state index in [0.29, 0.717) is 5.13 Å². The van der Waals surface area contributed by atoms with Gasteiger partial charge in [-0.15, -0.1) is 11.3 Å². The lowest BCUT2D eigenvalue weighted by Crippen LogP contribution is -2.36. The fraction of sp³-hybridized carbons (Fsp3) is 0.316. The van der Waals surface area contributed by atoms with Crippen molar-refractivity contribution in [2.45, 2.75) is 25.9 Å². The van der Waals surface area contributed by atoms with Gasteiger partial charge >= 0.3 is 5.97 Å². The van der Waals surface area contributed by atoms with Crippen LogP contribution in [0.1, 0.15) is 20.3 Å². The molecule has 2 N–H and O–H groups in total. The Morgan fingerprint density at radius 3 is 2.96 bits per heavy atom. The lowest BCUT2D eigenvalue weighted by Gasteiger charge is -2.23. The number of thiazole rings is 1. The van der Waals surface area contributed by atoms with E-state index in [1.165, 1.54) is 11.3 Å². The molecule has 1 atom stereocenters. The minimum atomic E-state index is -0.811. The third-order valence-corrected chi connectivity index (χ3v) is 5.56. The summed E-state index contributed by atoms with van der Waals surface area (Å²) >= 11 is 1.34. The van der Waals surface area contributed by atoms with Crippen molar-refractivity contribution in [2.24, 2.45) is 5.92 Å². The third kappa shape index (κ3) is 3.16. The maximum absolute atomic E-state index is 12.6. The van der Waals surface area contributed by atoms with Gasteiger partial charge in [0.25, 0.3) is 0 Å². The molecule has 3 heterocycles. The molecule has 0 saturated carbocycles. The average molecular weight is 385 g/mol. The Morgan fingerprint density at radius 2 is 2.26 bits per heavy atom. The van der Waals surface area contributed by atoms with Crippen LogP contribution in [0.2, 0.25) is 0 Å². The second-order valence-corrected chi connectivity index (χ2v) is 7.83. The zero-order chi connectivity index (χ0) is 19.2.